The second-order valence-electron chi connectivity index (χ2n) is 3.33. The normalized spacial score (nSPS) is 12.2. The van der Waals surface area contributed by atoms with Crippen molar-refractivity contribution in [3.05, 3.63) is 34.3 Å². The van der Waals surface area contributed by atoms with Crippen LogP contribution in [0.4, 0.5) is 0 Å². The van der Waals surface area contributed by atoms with Gasteiger partial charge in [-0.05, 0) is 30.7 Å². The van der Waals surface area contributed by atoms with Gasteiger partial charge in [-0.15, -0.1) is 0 Å². The van der Waals surface area contributed by atoms with E-state index in [1.54, 1.807) is 0 Å². The molecule has 0 aliphatic carbocycles. The maximum absolute atomic E-state index is 11.3. The lowest BCUT2D eigenvalue weighted by atomic mass is 10.2. The summed E-state index contributed by atoms with van der Waals surface area (Å²) in [4.78, 5) is 11.3. The topological polar surface area (TPSA) is 72.5 Å². The Labute approximate surface area is 103 Å². The molecule has 0 aliphatic heterocycles. The molecule has 0 aromatic heterocycles. The average Bonchev–Trinajstić information content (AvgIpc) is 2.26. The van der Waals surface area contributed by atoms with Crippen LogP contribution in [0.15, 0.2) is 28.7 Å². The number of halogens is 1. The van der Waals surface area contributed by atoms with Gasteiger partial charge in [0, 0.05) is 4.47 Å². The van der Waals surface area contributed by atoms with Crippen LogP contribution in [-0.2, 0) is 16.1 Å². The molecule has 1 aromatic rings. The van der Waals surface area contributed by atoms with Crippen molar-refractivity contribution in [2.45, 2.75) is 19.1 Å². The third kappa shape index (κ3) is 4.30. The molecule has 0 amide bonds. The third-order valence-corrected chi connectivity index (χ3v) is 2.48. The smallest absolute Gasteiger partial charge is 0.335 e. The summed E-state index contributed by atoms with van der Waals surface area (Å²) in [5.41, 5.74) is 6.08. The molecule has 0 radical (unpaired) electrons. The van der Waals surface area contributed by atoms with E-state index in [-0.39, 0.29) is 19.6 Å². The third-order valence-electron chi connectivity index (χ3n) is 1.98. The number of hydrogen-bond donors (Lipinski definition) is 2. The van der Waals surface area contributed by atoms with Crippen LogP contribution < -0.4 is 5.73 Å². The summed E-state index contributed by atoms with van der Waals surface area (Å²) in [5.74, 6) is -0.634. The number of carbonyl (C=O) groups is 1. The lowest BCUT2D eigenvalue weighted by Crippen LogP contribution is -2.25. The minimum Gasteiger partial charge on any atom is -0.459 e. The number of esters is 1. The summed E-state index contributed by atoms with van der Waals surface area (Å²) < 4.78 is 5.85. The highest BCUT2D eigenvalue weighted by Crippen LogP contribution is 2.12. The van der Waals surface area contributed by atoms with E-state index >= 15 is 0 Å². The number of aliphatic hydroxyl groups is 1. The van der Waals surface area contributed by atoms with Crippen LogP contribution in [0.2, 0.25) is 0 Å². The molecule has 4 nitrogen and oxygen atoms in total. The Morgan fingerprint density at radius 1 is 1.56 bits per heavy atom. The van der Waals surface area contributed by atoms with E-state index in [1.165, 1.54) is 0 Å². The van der Waals surface area contributed by atoms with Gasteiger partial charge in [0.2, 0.25) is 0 Å². The highest BCUT2D eigenvalue weighted by molar-refractivity contribution is 9.10. The SMILES string of the molecule is NCCC(O)C(=O)OCc1cccc(Br)c1. The Morgan fingerprint density at radius 2 is 2.31 bits per heavy atom. The first-order chi connectivity index (χ1) is 7.63. The molecule has 0 spiro atoms. The molecular formula is C11H14BrNO3. The largest absolute Gasteiger partial charge is 0.459 e. The van der Waals surface area contributed by atoms with Gasteiger partial charge < -0.3 is 15.6 Å². The number of aliphatic hydroxyl groups excluding tert-OH is 1. The van der Waals surface area contributed by atoms with Gasteiger partial charge in [0.1, 0.15) is 6.61 Å². The molecule has 1 atom stereocenters. The molecule has 1 aromatic carbocycles. The minimum atomic E-state index is -1.13. The summed E-state index contributed by atoms with van der Waals surface area (Å²) in [6.07, 6.45) is -0.908. The van der Waals surface area contributed by atoms with Crippen LogP contribution >= 0.6 is 15.9 Å². The van der Waals surface area contributed by atoms with Crippen molar-refractivity contribution in [2.75, 3.05) is 6.54 Å². The Bertz CT molecular complexity index is 357. The lowest BCUT2D eigenvalue weighted by molar-refractivity contribution is -0.155. The number of rotatable bonds is 5. The van der Waals surface area contributed by atoms with E-state index < -0.39 is 12.1 Å². The van der Waals surface area contributed by atoms with Crippen LogP contribution in [0, 0.1) is 0 Å². The van der Waals surface area contributed by atoms with Gasteiger partial charge in [-0.3, -0.25) is 0 Å². The summed E-state index contributed by atoms with van der Waals surface area (Å²) in [5, 5.41) is 9.29. The number of hydrogen-bond acceptors (Lipinski definition) is 4. The Morgan fingerprint density at radius 3 is 2.94 bits per heavy atom. The Kier molecular flexibility index (Phi) is 5.45. The molecule has 88 valence electrons. The second-order valence-corrected chi connectivity index (χ2v) is 4.25. The molecule has 0 fully saturated rings. The van der Waals surface area contributed by atoms with Gasteiger partial charge in [0.25, 0.3) is 0 Å². The fourth-order valence-electron chi connectivity index (χ4n) is 1.15. The lowest BCUT2D eigenvalue weighted by Gasteiger charge is -2.09. The zero-order valence-electron chi connectivity index (χ0n) is 8.73. The molecule has 0 aliphatic rings. The quantitative estimate of drug-likeness (QED) is 0.799. The van der Waals surface area contributed by atoms with Crippen molar-refractivity contribution < 1.29 is 14.6 Å². The molecule has 16 heavy (non-hydrogen) atoms. The van der Waals surface area contributed by atoms with Gasteiger partial charge >= 0.3 is 5.97 Å². The Balaban J connectivity index is 2.42. The average molecular weight is 288 g/mol. The van der Waals surface area contributed by atoms with Crippen molar-refractivity contribution in [1.29, 1.82) is 0 Å². The molecule has 1 unspecified atom stereocenters. The highest BCUT2D eigenvalue weighted by atomic mass is 79.9. The van der Waals surface area contributed by atoms with E-state index in [0.717, 1.165) is 10.0 Å². The van der Waals surface area contributed by atoms with E-state index in [4.69, 9.17) is 10.5 Å². The second kappa shape index (κ2) is 6.62. The fourth-order valence-corrected chi connectivity index (χ4v) is 1.60. The molecule has 5 heteroatoms. The van der Waals surface area contributed by atoms with E-state index in [2.05, 4.69) is 15.9 Å². The monoisotopic (exact) mass is 287 g/mol. The summed E-state index contributed by atoms with van der Waals surface area (Å²) in [6.45, 7) is 0.410. The van der Waals surface area contributed by atoms with Crippen molar-refractivity contribution in [3.8, 4) is 0 Å². The van der Waals surface area contributed by atoms with Gasteiger partial charge in [-0.1, -0.05) is 28.1 Å². The van der Waals surface area contributed by atoms with Crippen molar-refractivity contribution >= 4 is 21.9 Å². The predicted octanol–water partition coefficient (Wildman–Crippen LogP) is 1.20. The number of ether oxygens (including phenoxy) is 1. The molecule has 0 heterocycles. The maximum atomic E-state index is 11.3. The standard InChI is InChI=1S/C11H14BrNO3/c12-9-3-1-2-8(6-9)7-16-11(15)10(14)4-5-13/h1-3,6,10,14H,4-5,7,13H2. The molecule has 0 saturated heterocycles. The fraction of sp³-hybridized carbons (Fsp3) is 0.364. The highest BCUT2D eigenvalue weighted by Gasteiger charge is 2.15. The van der Waals surface area contributed by atoms with Gasteiger partial charge in [-0.2, -0.15) is 0 Å². The number of nitrogens with two attached hydrogens (primary N) is 1. The van der Waals surface area contributed by atoms with E-state index in [0.29, 0.717) is 0 Å². The first kappa shape index (κ1) is 13.2. The molecule has 3 N–H and O–H groups in total. The molecule has 1 rings (SSSR count). The van der Waals surface area contributed by atoms with Crippen LogP contribution in [-0.4, -0.2) is 23.7 Å². The molecule has 0 saturated carbocycles. The van der Waals surface area contributed by atoms with Crippen LogP contribution in [0.25, 0.3) is 0 Å². The molecular weight excluding hydrogens is 274 g/mol. The molecule has 0 bridgehead atoms. The van der Waals surface area contributed by atoms with Crippen LogP contribution in [0.3, 0.4) is 0 Å². The first-order valence-electron chi connectivity index (χ1n) is 4.92. The van der Waals surface area contributed by atoms with Crippen LogP contribution in [0.1, 0.15) is 12.0 Å². The zero-order valence-corrected chi connectivity index (χ0v) is 10.3. The first-order valence-corrected chi connectivity index (χ1v) is 5.72. The summed E-state index contributed by atoms with van der Waals surface area (Å²) in [6, 6.07) is 7.42. The van der Waals surface area contributed by atoms with E-state index in [1.807, 2.05) is 24.3 Å². The number of carbonyl (C=O) groups excluding carboxylic acids is 1. The van der Waals surface area contributed by atoms with Crippen molar-refractivity contribution in [2.24, 2.45) is 5.73 Å². The zero-order chi connectivity index (χ0) is 12.0. The maximum Gasteiger partial charge on any atom is 0.335 e. The van der Waals surface area contributed by atoms with Crippen molar-refractivity contribution in [3.63, 3.8) is 0 Å². The summed E-state index contributed by atoms with van der Waals surface area (Å²) >= 11 is 3.32. The predicted molar refractivity (Wildman–Crippen MR) is 63.6 cm³/mol. The van der Waals surface area contributed by atoms with E-state index in [9.17, 15) is 9.90 Å². The van der Waals surface area contributed by atoms with Gasteiger partial charge in [0.15, 0.2) is 6.10 Å². The van der Waals surface area contributed by atoms with Gasteiger partial charge in [-0.25, -0.2) is 4.79 Å². The van der Waals surface area contributed by atoms with Crippen molar-refractivity contribution in [1.82, 2.24) is 0 Å². The summed E-state index contributed by atoms with van der Waals surface area (Å²) in [7, 11) is 0. The van der Waals surface area contributed by atoms with Gasteiger partial charge in [0.05, 0.1) is 0 Å². The van der Waals surface area contributed by atoms with Crippen LogP contribution in [0.5, 0.6) is 0 Å². The number of benzene rings is 1. The minimum absolute atomic E-state index is 0.153. The Hall–Kier alpha value is -0.910.